The molecule has 1 heterocycles. The van der Waals surface area contributed by atoms with E-state index in [1.54, 1.807) is 0 Å². The molecular formula is C10H17BrN2O2. The van der Waals surface area contributed by atoms with Gasteiger partial charge in [0.2, 0.25) is 0 Å². The fourth-order valence-electron chi connectivity index (χ4n) is 0.668. The molecule has 0 fully saturated rings. The fraction of sp³-hybridized carbons (Fsp3) is 0.600. The van der Waals surface area contributed by atoms with Crippen LogP contribution in [0.15, 0.2) is 12.4 Å². The number of nitrogens with one attached hydrogen (secondary N) is 1. The first-order valence-corrected chi connectivity index (χ1v) is 5.77. The molecule has 86 valence electrons. The molecule has 5 heteroatoms. The summed E-state index contributed by atoms with van der Waals surface area (Å²) < 4.78 is 4.55. The molecule has 0 spiro atoms. The summed E-state index contributed by atoms with van der Waals surface area (Å²) in [5.41, 5.74) is 0.934. The maximum atomic E-state index is 9.60. The highest BCUT2D eigenvalue weighted by Crippen LogP contribution is 2.02. The van der Waals surface area contributed by atoms with Gasteiger partial charge in [0.1, 0.15) is 5.60 Å². The second-order valence-electron chi connectivity index (χ2n) is 3.87. The minimum Gasteiger partial charge on any atom is -0.462 e. The molecule has 0 saturated heterocycles. The Morgan fingerprint density at radius 2 is 2.27 bits per heavy atom. The van der Waals surface area contributed by atoms with Gasteiger partial charge in [-0.15, -0.1) is 0 Å². The number of carbonyl (C=O) groups excluding carboxylic acids is 1. The number of ether oxygens (including phenoxy) is 1. The Morgan fingerprint density at radius 1 is 1.60 bits per heavy atom. The van der Waals surface area contributed by atoms with Crippen LogP contribution in [-0.4, -0.2) is 27.6 Å². The first kappa shape index (κ1) is 14.2. The van der Waals surface area contributed by atoms with Gasteiger partial charge in [0.25, 0.3) is 6.47 Å². The molecule has 0 aliphatic heterocycles. The highest BCUT2D eigenvalue weighted by Gasteiger charge is 2.07. The van der Waals surface area contributed by atoms with Crippen LogP contribution >= 0.6 is 15.9 Å². The quantitative estimate of drug-likeness (QED) is 0.681. The van der Waals surface area contributed by atoms with Crippen molar-refractivity contribution in [3.8, 4) is 0 Å². The van der Waals surface area contributed by atoms with Crippen LogP contribution in [-0.2, 0) is 16.0 Å². The smallest absolute Gasteiger partial charge is 0.293 e. The van der Waals surface area contributed by atoms with Gasteiger partial charge in [0.15, 0.2) is 0 Å². The van der Waals surface area contributed by atoms with Gasteiger partial charge in [-0.3, -0.25) is 9.89 Å². The predicted octanol–water partition coefficient (Wildman–Crippen LogP) is 2.30. The fourth-order valence-corrected chi connectivity index (χ4v) is 1.13. The first-order chi connectivity index (χ1) is 6.99. The van der Waals surface area contributed by atoms with Crippen LogP contribution in [0.5, 0.6) is 0 Å². The van der Waals surface area contributed by atoms with Crippen molar-refractivity contribution >= 4 is 22.4 Å². The number of aryl methyl sites for hydroxylation is 1. The van der Waals surface area contributed by atoms with E-state index in [4.69, 9.17) is 0 Å². The Hall–Kier alpha value is -0.840. The van der Waals surface area contributed by atoms with Crippen molar-refractivity contribution in [2.75, 3.05) is 5.33 Å². The Labute approximate surface area is 98.5 Å². The SMILES string of the molecule is BrCCc1cn[nH]c1.CC(C)(C)OC=O. The van der Waals surface area contributed by atoms with Gasteiger partial charge < -0.3 is 4.74 Å². The Morgan fingerprint density at radius 3 is 2.53 bits per heavy atom. The van der Waals surface area contributed by atoms with Gasteiger partial charge in [-0.25, -0.2) is 0 Å². The van der Waals surface area contributed by atoms with Gasteiger partial charge in [-0.05, 0) is 32.8 Å². The summed E-state index contributed by atoms with van der Waals surface area (Å²) >= 11 is 3.33. The Balaban J connectivity index is 0.000000265. The van der Waals surface area contributed by atoms with Crippen LogP contribution in [0.3, 0.4) is 0 Å². The largest absolute Gasteiger partial charge is 0.462 e. The van der Waals surface area contributed by atoms with Crippen molar-refractivity contribution in [2.45, 2.75) is 32.8 Å². The first-order valence-electron chi connectivity index (χ1n) is 4.64. The van der Waals surface area contributed by atoms with Gasteiger partial charge in [-0.2, -0.15) is 5.10 Å². The topological polar surface area (TPSA) is 55.0 Å². The molecule has 1 aromatic rings. The number of H-pyrrole nitrogens is 1. The number of hydrogen-bond acceptors (Lipinski definition) is 3. The van der Waals surface area contributed by atoms with Crippen LogP contribution in [0.4, 0.5) is 0 Å². The lowest BCUT2D eigenvalue weighted by molar-refractivity contribution is -0.138. The third-order valence-corrected chi connectivity index (χ3v) is 1.74. The predicted molar refractivity (Wildman–Crippen MR) is 63.0 cm³/mol. The minimum absolute atomic E-state index is 0.318. The average Bonchev–Trinajstić information content (AvgIpc) is 2.56. The lowest BCUT2D eigenvalue weighted by Gasteiger charge is -2.14. The van der Waals surface area contributed by atoms with Gasteiger partial charge in [-0.1, -0.05) is 15.9 Å². The molecule has 0 amide bonds. The molecule has 15 heavy (non-hydrogen) atoms. The second kappa shape index (κ2) is 7.45. The van der Waals surface area contributed by atoms with E-state index in [0.717, 1.165) is 11.8 Å². The summed E-state index contributed by atoms with van der Waals surface area (Å²) in [5.74, 6) is 0. The summed E-state index contributed by atoms with van der Waals surface area (Å²) in [6.07, 6.45) is 4.79. The van der Waals surface area contributed by atoms with Gasteiger partial charge >= 0.3 is 0 Å². The lowest BCUT2D eigenvalue weighted by Crippen LogP contribution is -2.17. The van der Waals surface area contributed by atoms with Crippen molar-refractivity contribution in [3.63, 3.8) is 0 Å². The number of hydrogen-bond donors (Lipinski definition) is 1. The number of alkyl halides is 1. The summed E-state index contributed by atoms with van der Waals surface area (Å²) in [4.78, 5) is 9.60. The summed E-state index contributed by atoms with van der Waals surface area (Å²) in [7, 11) is 0. The van der Waals surface area contributed by atoms with E-state index in [0.29, 0.717) is 6.47 Å². The molecular weight excluding hydrogens is 260 g/mol. The van der Waals surface area contributed by atoms with E-state index >= 15 is 0 Å². The zero-order chi connectivity index (χ0) is 11.7. The molecule has 1 N–H and O–H groups in total. The number of rotatable bonds is 3. The minimum atomic E-state index is -0.318. The number of halogens is 1. The number of aromatic amines is 1. The van der Waals surface area contributed by atoms with E-state index in [-0.39, 0.29) is 5.60 Å². The summed E-state index contributed by atoms with van der Waals surface area (Å²) in [6.45, 7) is 5.92. The molecule has 1 rings (SSSR count). The number of nitrogens with zero attached hydrogens (tertiary/aromatic N) is 1. The normalized spacial score (nSPS) is 10.1. The Bertz CT molecular complexity index is 255. The van der Waals surface area contributed by atoms with Crippen molar-refractivity contribution in [2.24, 2.45) is 0 Å². The standard InChI is InChI=1S/C5H7BrN2.C5H10O2/c6-2-1-5-3-7-8-4-5;1-5(2,3)7-4-6/h3-4H,1-2H2,(H,7,8);4H,1-3H3. The van der Waals surface area contributed by atoms with Crippen LogP contribution < -0.4 is 0 Å². The van der Waals surface area contributed by atoms with Crippen LogP contribution in [0.1, 0.15) is 26.3 Å². The van der Waals surface area contributed by atoms with E-state index in [1.165, 1.54) is 5.56 Å². The number of carbonyl (C=O) groups is 1. The van der Waals surface area contributed by atoms with Crippen LogP contribution in [0, 0.1) is 0 Å². The summed E-state index contributed by atoms with van der Waals surface area (Å²) in [6, 6.07) is 0. The third-order valence-electron chi connectivity index (χ3n) is 1.34. The Kier molecular flexibility index (Phi) is 7.03. The van der Waals surface area contributed by atoms with E-state index in [9.17, 15) is 4.79 Å². The van der Waals surface area contributed by atoms with Crippen molar-refractivity contribution < 1.29 is 9.53 Å². The zero-order valence-corrected chi connectivity index (χ0v) is 10.9. The monoisotopic (exact) mass is 276 g/mol. The second-order valence-corrected chi connectivity index (χ2v) is 4.66. The highest BCUT2D eigenvalue weighted by molar-refractivity contribution is 9.09. The zero-order valence-electron chi connectivity index (χ0n) is 9.29. The molecule has 0 aliphatic rings. The van der Waals surface area contributed by atoms with Crippen molar-refractivity contribution in [1.82, 2.24) is 10.2 Å². The molecule has 0 aromatic carbocycles. The molecule has 1 aromatic heterocycles. The van der Waals surface area contributed by atoms with E-state index in [2.05, 4.69) is 30.9 Å². The van der Waals surface area contributed by atoms with Crippen LogP contribution in [0.25, 0.3) is 0 Å². The average molecular weight is 277 g/mol. The summed E-state index contributed by atoms with van der Waals surface area (Å²) in [5, 5.41) is 7.55. The van der Waals surface area contributed by atoms with Crippen molar-refractivity contribution in [1.29, 1.82) is 0 Å². The highest BCUT2D eigenvalue weighted by atomic mass is 79.9. The lowest BCUT2D eigenvalue weighted by atomic mass is 10.2. The molecule has 0 bridgehead atoms. The molecule has 0 aliphatic carbocycles. The van der Waals surface area contributed by atoms with Gasteiger partial charge in [0.05, 0.1) is 6.20 Å². The molecule has 0 radical (unpaired) electrons. The molecule has 0 atom stereocenters. The van der Waals surface area contributed by atoms with Crippen molar-refractivity contribution in [3.05, 3.63) is 18.0 Å². The molecule has 0 saturated carbocycles. The van der Waals surface area contributed by atoms with E-state index < -0.39 is 0 Å². The molecule has 0 unspecified atom stereocenters. The number of aromatic nitrogens is 2. The third kappa shape index (κ3) is 9.46. The maximum absolute atomic E-state index is 9.60. The van der Waals surface area contributed by atoms with Gasteiger partial charge in [0, 0.05) is 11.5 Å². The molecule has 4 nitrogen and oxygen atoms in total. The van der Waals surface area contributed by atoms with Crippen LogP contribution in [0.2, 0.25) is 0 Å². The maximum Gasteiger partial charge on any atom is 0.293 e. The van der Waals surface area contributed by atoms with E-state index in [1.807, 2.05) is 33.2 Å².